The predicted octanol–water partition coefficient (Wildman–Crippen LogP) is 4.97. The third-order valence-electron chi connectivity index (χ3n) is 4.09. The van der Waals surface area contributed by atoms with Crippen LogP contribution in [0, 0.1) is 20.8 Å². The summed E-state index contributed by atoms with van der Waals surface area (Å²) in [6, 6.07) is 7.90. The van der Waals surface area contributed by atoms with Gasteiger partial charge in [-0.1, -0.05) is 17.7 Å². The van der Waals surface area contributed by atoms with E-state index in [9.17, 15) is 0 Å². The van der Waals surface area contributed by atoms with Crippen LogP contribution in [0.3, 0.4) is 0 Å². The van der Waals surface area contributed by atoms with Crippen molar-refractivity contribution in [3.05, 3.63) is 46.2 Å². The molecule has 0 bridgehead atoms. The van der Waals surface area contributed by atoms with Crippen molar-refractivity contribution in [3.63, 3.8) is 0 Å². The number of benzene rings is 2. The highest BCUT2D eigenvalue weighted by atomic mass is 35.5. The van der Waals surface area contributed by atoms with Crippen LogP contribution in [0.5, 0.6) is 11.5 Å². The van der Waals surface area contributed by atoms with Crippen molar-refractivity contribution in [2.45, 2.75) is 20.8 Å². The molecule has 0 spiro atoms. The fourth-order valence-electron chi connectivity index (χ4n) is 3.02. The molecule has 3 aromatic rings. The van der Waals surface area contributed by atoms with Crippen LogP contribution < -0.4 is 14.8 Å². The number of nitrogens with one attached hydrogen (secondary N) is 1. The number of methoxy groups -OCH3 is 2. The van der Waals surface area contributed by atoms with Crippen molar-refractivity contribution in [1.29, 1.82) is 0 Å². The fraction of sp³-hybridized carbons (Fsp3) is 0.263. The molecule has 0 aliphatic rings. The molecule has 1 aromatic heterocycles. The molecule has 25 heavy (non-hydrogen) atoms. The minimum absolute atomic E-state index is 0.171. The number of aryl methyl sites for hydroxylation is 3. The number of ether oxygens (including phenoxy) is 2. The third kappa shape index (κ3) is 3.33. The molecule has 0 aliphatic carbocycles. The number of nitrogens with zero attached hydrogens (tertiary/aromatic N) is 2. The Balaban J connectivity index is 2.19. The molecule has 6 heteroatoms. The van der Waals surface area contributed by atoms with Crippen molar-refractivity contribution < 1.29 is 9.47 Å². The van der Waals surface area contributed by atoms with Crippen LogP contribution in [-0.4, -0.2) is 24.2 Å². The molecule has 1 heterocycles. The van der Waals surface area contributed by atoms with Gasteiger partial charge in [0.25, 0.3) is 0 Å². The lowest BCUT2D eigenvalue weighted by Gasteiger charge is -2.16. The first kappa shape index (κ1) is 17.3. The average Bonchev–Trinajstić information content (AvgIpc) is 2.56. The fourth-order valence-corrected chi connectivity index (χ4v) is 3.19. The number of fused-ring (bicyclic) bond motifs is 1. The summed E-state index contributed by atoms with van der Waals surface area (Å²) in [5.41, 5.74) is 5.19. The van der Waals surface area contributed by atoms with E-state index in [0.29, 0.717) is 22.8 Å². The number of rotatable bonds is 4. The molecule has 0 amide bonds. The lowest BCUT2D eigenvalue weighted by atomic mass is 10.0. The molecular formula is C19H20ClN3O2. The largest absolute Gasteiger partial charge is 0.493 e. The van der Waals surface area contributed by atoms with Crippen LogP contribution in [0.15, 0.2) is 24.3 Å². The molecular weight excluding hydrogens is 338 g/mol. The average molecular weight is 358 g/mol. The first-order valence-electron chi connectivity index (χ1n) is 7.87. The van der Waals surface area contributed by atoms with Crippen LogP contribution >= 0.6 is 11.6 Å². The Labute approximate surface area is 152 Å². The Morgan fingerprint density at radius 3 is 2.08 bits per heavy atom. The third-order valence-corrected chi connectivity index (χ3v) is 4.26. The maximum atomic E-state index is 6.13. The van der Waals surface area contributed by atoms with Gasteiger partial charge in [-0.3, -0.25) is 0 Å². The summed E-state index contributed by atoms with van der Waals surface area (Å²) in [5.74, 6) is 1.84. The minimum Gasteiger partial charge on any atom is -0.493 e. The van der Waals surface area contributed by atoms with E-state index in [1.165, 1.54) is 5.56 Å². The SMILES string of the molecule is COc1cc2nc(Cl)nc(Nc3c(C)cc(C)cc3C)c2cc1OC. The Kier molecular flexibility index (Phi) is 4.68. The van der Waals surface area contributed by atoms with E-state index in [2.05, 4.69) is 48.2 Å². The van der Waals surface area contributed by atoms with Crippen molar-refractivity contribution >= 4 is 34.0 Å². The summed E-state index contributed by atoms with van der Waals surface area (Å²) >= 11 is 6.13. The van der Waals surface area contributed by atoms with Crippen LogP contribution in [-0.2, 0) is 0 Å². The highest BCUT2D eigenvalue weighted by Gasteiger charge is 2.14. The molecule has 1 N–H and O–H groups in total. The van der Waals surface area contributed by atoms with Crippen molar-refractivity contribution in [3.8, 4) is 11.5 Å². The van der Waals surface area contributed by atoms with Gasteiger partial charge < -0.3 is 14.8 Å². The normalized spacial score (nSPS) is 10.8. The van der Waals surface area contributed by atoms with Crippen molar-refractivity contribution in [2.75, 3.05) is 19.5 Å². The van der Waals surface area contributed by atoms with E-state index in [-0.39, 0.29) is 5.28 Å². The summed E-state index contributed by atoms with van der Waals surface area (Å²) in [6.45, 7) is 6.21. The minimum atomic E-state index is 0.171. The van der Waals surface area contributed by atoms with Crippen LogP contribution in [0.4, 0.5) is 11.5 Å². The number of halogens is 1. The molecule has 0 radical (unpaired) electrons. The molecule has 0 atom stereocenters. The van der Waals surface area contributed by atoms with Gasteiger partial charge in [0.2, 0.25) is 5.28 Å². The summed E-state index contributed by atoms with van der Waals surface area (Å²) in [7, 11) is 3.19. The summed E-state index contributed by atoms with van der Waals surface area (Å²) in [6.07, 6.45) is 0. The van der Waals surface area contributed by atoms with Gasteiger partial charge in [-0.25, -0.2) is 4.98 Å². The predicted molar refractivity (Wildman–Crippen MR) is 102 cm³/mol. The first-order chi connectivity index (χ1) is 11.9. The second-order valence-corrected chi connectivity index (χ2v) is 6.30. The molecule has 0 aliphatic heterocycles. The molecule has 3 rings (SSSR count). The zero-order valence-electron chi connectivity index (χ0n) is 14.9. The first-order valence-corrected chi connectivity index (χ1v) is 8.25. The van der Waals surface area contributed by atoms with Crippen molar-refractivity contribution in [1.82, 2.24) is 9.97 Å². The zero-order chi connectivity index (χ0) is 18.1. The van der Waals surface area contributed by atoms with E-state index in [4.69, 9.17) is 21.1 Å². The van der Waals surface area contributed by atoms with Gasteiger partial charge in [0, 0.05) is 17.1 Å². The highest BCUT2D eigenvalue weighted by molar-refractivity contribution is 6.28. The molecule has 0 unspecified atom stereocenters. The number of hydrogen-bond donors (Lipinski definition) is 1. The summed E-state index contributed by atoms with van der Waals surface area (Å²) < 4.78 is 10.7. The van der Waals surface area contributed by atoms with E-state index in [1.807, 2.05) is 6.07 Å². The standard InChI is InChI=1S/C19H20ClN3O2/c1-10-6-11(2)17(12(3)7-10)22-18-13-8-15(24-4)16(25-5)9-14(13)21-19(20)23-18/h6-9H,1-5H3,(H,21,22,23). The molecule has 0 fully saturated rings. The Hall–Kier alpha value is -2.53. The van der Waals surface area contributed by atoms with E-state index >= 15 is 0 Å². The lowest BCUT2D eigenvalue weighted by Crippen LogP contribution is -2.02. The second kappa shape index (κ2) is 6.76. The maximum Gasteiger partial charge on any atom is 0.224 e. The van der Waals surface area contributed by atoms with E-state index in [1.54, 1.807) is 20.3 Å². The Morgan fingerprint density at radius 1 is 0.880 bits per heavy atom. The quantitative estimate of drug-likeness (QED) is 0.668. The summed E-state index contributed by atoms with van der Waals surface area (Å²) in [5, 5.41) is 4.39. The van der Waals surface area contributed by atoms with E-state index in [0.717, 1.165) is 22.2 Å². The number of hydrogen-bond acceptors (Lipinski definition) is 5. The summed E-state index contributed by atoms with van der Waals surface area (Å²) in [4.78, 5) is 8.68. The van der Waals surface area contributed by atoms with Gasteiger partial charge in [0.1, 0.15) is 5.82 Å². The van der Waals surface area contributed by atoms with E-state index < -0.39 is 0 Å². The number of anilines is 2. The van der Waals surface area contributed by atoms with Crippen molar-refractivity contribution in [2.24, 2.45) is 0 Å². The molecule has 0 saturated heterocycles. The molecule has 2 aromatic carbocycles. The molecule has 130 valence electrons. The highest BCUT2D eigenvalue weighted by Crippen LogP contribution is 2.36. The molecule has 0 saturated carbocycles. The van der Waals surface area contributed by atoms with Crippen LogP contribution in [0.1, 0.15) is 16.7 Å². The van der Waals surface area contributed by atoms with Crippen LogP contribution in [0.2, 0.25) is 5.28 Å². The van der Waals surface area contributed by atoms with Gasteiger partial charge in [-0.2, -0.15) is 4.98 Å². The van der Waals surface area contributed by atoms with Crippen LogP contribution in [0.25, 0.3) is 10.9 Å². The lowest BCUT2D eigenvalue weighted by molar-refractivity contribution is 0.356. The Morgan fingerprint density at radius 2 is 1.48 bits per heavy atom. The van der Waals surface area contributed by atoms with Gasteiger partial charge in [-0.05, 0) is 49.6 Å². The topological polar surface area (TPSA) is 56.3 Å². The molecule has 5 nitrogen and oxygen atoms in total. The Bertz CT molecular complexity index is 934. The van der Waals surface area contributed by atoms with Gasteiger partial charge in [0.15, 0.2) is 11.5 Å². The smallest absolute Gasteiger partial charge is 0.224 e. The maximum absolute atomic E-state index is 6.13. The second-order valence-electron chi connectivity index (χ2n) is 5.96. The number of aromatic nitrogens is 2. The zero-order valence-corrected chi connectivity index (χ0v) is 15.7. The van der Waals surface area contributed by atoms with Gasteiger partial charge >= 0.3 is 0 Å². The monoisotopic (exact) mass is 357 g/mol. The van der Waals surface area contributed by atoms with Gasteiger partial charge in [-0.15, -0.1) is 0 Å². The van der Waals surface area contributed by atoms with Gasteiger partial charge in [0.05, 0.1) is 19.7 Å².